The molecular weight excluding hydrogens is 312 g/mol. The van der Waals surface area contributed by atoms with Crippen LogP contribution in [0.5, 0.6) is 5.75 Å². The zero-order valence-electron chi connectivity index (χ0n) is 12.3. The van der Waals surface area contributed by atoms with Gasteiger partial charge in [0.25, 0.3) is 0 Å². The molecule has 7 heteroatoms. The smallest absolute Gasteiger partial charge is 0.240 e. The summed E-state index contributed by atoms with van der Waals surface area (Å²) in [6.07, 6.45) is 2.12. The molecule has 0 spiro atoms. The van der Waals surface area contributed by atoms with E-state index in [4.69, 9.17) is 16.3 Å². The lowest BCUT2D eigenvalue weighted by atomic mass is 10.0. The van der Waals surface area contributed by atoms with Crippen LogP contribution >= 0.6 is 11.6 Å². The third kappa shape index (κ3) is 4.10. The number of ether oxygens (including phenoxy) is 1. The molecule has 1 fully saturated rings. The molecule has 0 bridgehead atoms. The summed E-state index contributed by atoms with van der Waals surface area (Å²) in [5.74, 6) is 0.812. The van der Waals surface area contributed by atoms with E-state index in [0.717, 1.165) is 25.9 Å². The monoisotopic (exact) mass is 332 g/mol. The summed E-state index contributed by atoms with van der Waals surface area (Å²) in [7, 11) is -2.05. The zero-order valence-corrected chi connectivity index (χ0v) is 13.9. The maximum absolute atomic E-state index is 12.4. The Morgan fingerprint density at radius 2 is 2.24 bits per heavy atom. The molecule has 5 nitrogen and oxygen atoms in total. The van der Waals surface area contributed by atoms with E-state index in [1.165, 1.54) is 13.2 Å². The fourth-order valence-electron chi connectivity index (χ4n) is 2.49. The van der Waals surface area contributed by atoms with E-state index < -0.39 is 10.0 Å². The number of aryl methyl sites for hydroxylation is 1. The lowest BCUT2D eigenvalue weighted by Crippen LogP contribution is -2.38. The predicted molar refractivity (Wildman–Crippen MR) is 83.5 cm³/mol. The maximum Gasteiger partial charge on any atom is 0.240 e. The highest BCUT2D eigenvalue weighted by molar-refractivity contribution is 7.89. The van der Waals surface area contributed by atoms with Gasteiger partial charge in [0.1, 0.15) is 5.75 Å². The van der Waals surface area contributed by atoms with Crippen LogP contribution in [-0.2, 0) is 10.0 Å². The van der Waals surface area contributed by atoms with E-state index in [1.807, 2.05) is 0 Å². The Morgan fingerprint density at radius 3 is 2.86 bits per heavy atom. The molecule has 0 amide bonds. The fourth-order valence-corrected chi connectivity index (χ4v) is 4.16. The summed E-state index contributed by atoms with van der Waals surface area (Å²) >= 11 is 6.03. The van der Waals surface area contributed by atoms with E-state index >= 15 is 0 Å². The van der Waals surface area contributed by atoms with Gasteiger partial charge >= 0.3 is 0 Å². The molecule has 118 valence electrons. The second-order valence-electron chi connectivity index (χ2n) is 5.32. The molecule has 1 aliphatic rings. The SMILES string of the molecule is COc1cc(C)c(S(=O)(=O)NCC2CCCNC2)cc1Cl. The number of methoxy groups -OCH3 is 1. The predicted octanol–water partition coefficient (Wildman–Crippen LogP) is 1.93. The Labute approximate surface area is 131 Å². The summed E-state index contributed by atoms with van der Waals surface area (Å²) in [6, 6.07) is 3.08. The van der Waals surface area contributed by atoms with Crippen molar-refractivity contribution < 1.29 is 13.2 Å². The average molecular weight is 333 g/mol. The molecule has 2 N–H and O–H groups in total. The molecule has 1 heterocycles. The van der Waals surface area contributed by atoms with E-state index in [1.54, 1.807) is 13.0 Å². The van der Waals surface area contributed by atoms with Crippen LogP contribution in [0.25, 0.3) is 0 Å². The van der Waals surface area contributed by atoms with Crippen molar-refractivity contribution in [2.75, 3.05) is 26.7 Å². The number of rotatable bonds is 5. The van der Waals surface area contributed by atoms with Crippen molar-refractivity contribution in [2.24, 2.45) is 5.92 Å². The molecule has 0 aromatic heterocycles. The minimum Gasteiger partial charge on any atom is -0.495 e. The first-order valence-electron chi connectivity index (χ1n) is 6.98. The Kier molecular flexibility index (Phi) is 5.48. The summed E-state index contributed by atoms with van der Waals surface area (Å²) < 4.78 is 32.6. The largest absolute Gasteiger partial charge is 0.495 e. The molecule has 0 aliphatic carbocycles. The molecule has 1 aliphatic heterocycles. The van der Waals surface area contributed by atoms with Gasteiger partial charge in [-0.15, -0.1) is 0 Å². The van der Waals surface area contributed by atoms with Crippen LogP contribution in [-0.4, -0.2) is 35.2 Å². The van der Waals surface area contributed by atoms with Gasteiger partial charge in [-0.25, -0.2) is 13.1 Å². The van der Waals surface area contributed by atoms with Crippen molar-refractivity contribution in [3.05, 3.63) is 22.7 Å². The fraction of sp³-hybridized carbons (Fsp3) is 0.571. The number of benzene rings is 1. The van der Waals surface area contributed by atoms with Crippen LogP contribution in [0.2, 0.25) is 5.02 Å². The van der Waals surface area contributed by atoms with Crippen molar-refractivity contribution in [2.45, 2.75) is 24.7 Å². The summed E-state index contributed by atoms with van der Waals surface area (Å²) in [5, 5.41) is 3.57. The lowest BCUT2D eigenvalue weighted by molar-refractivity contribution is 0.376. The van der Waals surface area contributed by atoms with E-state index in [9.17, 15) is 8.42 Å². The molecule has 1 saturated heterocycles. The van der Waals surface area contributed by atoms with Crippen molar-refractivity contribution in [1.29, 1.82) is 0 Å². The number of nitrogens with one attached hydrogen (secondary N) is 2. The van der Waals surface area contributed by atoms with Gasteiger partial charge in [0.15, 0.2) is 0 Å². The number of sulfonamides is 1. The second kappa shape index (κ2) is 6.96. The number of hydrogen-bond donors (Lipinski definition) is 2. The minimum atomic E-state index is -3.56. The molecule has 1 aromatic rings. The normalized spacial score (nSPS) is 19.5. The van der Waals surface area contributed by atoms with Gasteiger partial charge < -0.3 is 10.1 Å². The van der Waals surface area contributed by atoms with Gasteiger partial charge in [-0.2, -0.15) is 0 Å². The highest BCUT2D eigenvalue weighted by atomic mass is 35.5. The third-order valence-corrected chi connectivity index (χ3v) is 5.56. The van der Waals surface area contributed by atoms with E-state index in [-0.39, 0.29) is 4.90 Å². The van der Waals surface area contributed by atoms with Gasteiger partial charge in [-0.3, -0.25) is 0 Å². The summed E-state index contributed by atoms with van der Waals surface area (Å²) in [5.41, 5.74) is 0.616. The van der Waals surface area contributed by atoms with E-state index in [0.29, 0.717) is 28.8 Å². The van der Waals surface area contributed by atoms with Gasteiger partial charge in [0.2, 0.25) is 10.0 Å². The first kappa shape index (κ1) is 16.5. The average Bonchev–Trinajstić information content (AvgIpc) is 2.48. The highest BCUT2D eigenvalue weighted by Gasteiger charge is 2.21. The van der Waals surface area contributed by atoms with E-state index in [2.05, 4.69) is 10.0 Å². The maximum atomic E-state index is 12.4. The molecule has 1 unspecified atom stereocenters. The Hall–Kier alpha value is -0.820. The van der Waals surface area contributed by atoms with Crippen LogP contribution in [0.1, 0.15) is 18.4 Å². The molecular formula is C14H21ClN2O3S. The zero-order chi connectivity index (χ0) is 15.5. The van der Waals surface area contributed by atoms with Crippen molar-refractivity contribution in [3.63, 3.8) is 0 Å². The van der Waals surface area contributed by atoms with Gasteiger partial charge in [0.05, 0.1) is 17.0 Å². The van der Waals surface area contributed by atoms with Gasteiger partial charge in [0, 0.05) is 6.54 Å². The Balaban J connectivity index is 2.13. The standard InChI is InChI=1S/C14H21ClN2O3S/c1-10-6-13(20-2)12(15)7-14(10)21(18,19)17-9-11-4-3-5-16-8-11/h6-7,11,16-17H,3-5,8-9H2,1-2H3. The summed E-state index contributed by atoms with van der Waals surface area (Å²) in [6.45, 7) is 4.04. The van der Waals surface area contributed by atoms with Gasteiger partial charge in [-0.05, 0) is 56.5 Å². The quantitative estimate of drug-likeness (QED) is 0.864. The molecule has 1 atom stereocenters. The van der Waals surface area contributed by atoms with Crippen LogP contribution in [0.15, 0.2) is 17.0 Å². The van der Waals surface area contributed by atoms with Crippen molar-refractivity contribution >= 4 is 21.6 Å². The second-order valence-corrected chi connectivity index (χ2v) is 7.46. The first-order valence-corrected chi connectivity index (χ1v) is 8.84. The topological polar surface area (TPSA) is 67.4 Å². The molecule has 1 aromatic carbocycles. The third-order valence-electron chi connectivity index (χ3n) is 3.70. The number of hydrogen-bond acceptors (Lipinski definition) is 4. The molecule has 0 saturated carbocycles. The number of piperidine rings is 1. The minimum absolute atomic E-state index is 0.206. The van der Waals surface area contributed by atoms with Gasteiger partial charge in [-0.1, -0.05) is 11.6 Å². The number of halogens is 1. The molecule has 2 rings (SSSR count). The van der Waals surface area contributed by atoms with Crippen molar-refractivity contribution in [3.8, 4) is 5.75 Å². The van der Waals surface area contributed by atoms with Crippen LogP contribution in [0.4, 0.5) is 0 Å². The highest BCUT2D eigenvalue weighted by Crippen LogP contribution is 2.30. The molecule has 21 heavy (non-hydrogen) atoms. The Morgan fingerprint density at radius 1 is 1.48 bits per heavy atom. The van der Waals surface area contributed by atoms with Crippen LogP contribution in [0, 0.1) is 12.8 Å². The molecule has 0 radical (unpaired) electrons. The van der Waals surface area contributed by atoms with Crippen LogP contribution in [0.3, 0.4) is 0 Å². The first-order chi connectivity index (χ1) is 9.94. The Bertz CT molecular complexity index is 598. The summed E-state index contributed by atoms with van der Waals surface area (Å²) in [4.78, 5) is 0.206. The lowest BCUT2D eigenvalue weighted by Gasteiger charge is -2.23. The van der Waals surface area contributed by atoms with Crippen molar-refractivity contribution in [1.82, 2.24) is 10.0 Å². The van der Waals surface area contributed by atoms with Crippen LogP contribution < -0.4 is 14.8 Å².